The van der Waals surface area contributed by atoms with Crippen LogP contribution >= 0.6 is 11.6 Å². The average Bonchev–Trinajstić information content (AvgIpc) is 2.70. The number of rotatable bonds is 7. The van der Waals surface area contributed by atoms with E-state index in [-0.39, 0.29) is 30.3 Å². The van der Waals surface area contributed by atoms with E-state index >= 15 is 0 Å². The highest BCUT2D eigenvalue weighted by Crippen LogP contribution is 2.22. The third kappa shape index (κ3) is 5.41. The molecular weight excluding hydrogens is 376 g/mol. The van der Waals surface area contributed by atoms with Gasteiger partial charge in [0.1, 0.15) is 0 Å². The van der Waals surface area contributed by atoms with E-state index in [1.54, 1.807) is 0 Å². The molecule has 0 spiro atoms. The highest BCUT2D eigenvalue weighted by molar-refractivity contribution is 6.31. The summed E-state index contributed by atoms with van der Waals surface area (Å²) < 4.78 is 5.55. The first-order chi connectivity index (χ1) is 13.5. The summed E-state index contributed by atoms with van der Waals surface area (Å²) in [7, 11) is 0. The van der Waals surface area contributed by atoms with Gasteiger partial charge in [-0.05, 0) is 18.6 Å². The summed E-state index contributed by atoms with van der Waals surface area (Å²) in [4.78, 5) is 27.2. The fourth-order valence-corrected chi connectivity index (χ4v) is 3.72. The number of nitrogens with zero attached hydrogens (tertiary/aromatic N) is 1. The van der Waals surface area contributed by atoms with Crippen LogP contribution in [0.1, 0.15) is 35.3 Å². The average molecular weight is 401 g/mol. The van der Waals surface area contributed by atoms with Crippen molar-refractivity contribution in [3.8, 4) is 0 Å². The van der Waals surface area contributed by atoms with Crippen LogP contribution < -0.4 is 5.32 Å². The van der Waals surface area contributed by atoms with Crippen LogP contribution in [0.2, 0.25) is 5.02 Å². The summed E-state index contributed by atoms with van der Waals surface area (Å²) in [5, 5.41) is 3.63. The molecule has 0 aromatic heterocycles. The topological polar surface area (TPSA) is 58.6 Å². The van der Waals surface area contributed by atoms with E-state index in [0.29, 0.717) is 36.8 Å². The zero-order chi connectivity index (χ0) is 19.9. The van der Waals surface area contributed by atoms with E-state index in [1.165, 1.54) is 0 Å². The van der Waals surface area contributed by atoms with Crippen molar-refractivity contribution >= 4 is 23.3 Å². The number of hydrogen-bond donors (Lipinski definition) is 1. The highest BCUT2D eigenvalue weighted by Gasteiger charge is 2.27. The highest BCUT2D eigenvalue weighted by atomic mass is 35.5. The molecule has 0 bridgehead atoms. The van der Waals surface area contributed by atoms with Gasteiger partial charge in [0.25, 0.3) is 0 Å². The number of morpholine rings is 1. The van der Waals surface area contributed by atoms with Gasteiger partial charge in [-0.3, -0.25) is 14.5 Å². The van der Waals surface area contributed by atoms with Gasteiger partial charge in [-0.15, -0.1) is 0 Å². The molecule has 0 unspecified atom stereocenters. The molecule has 1 fully saturated rings. The number of benzene rings is 2. The van der Waals surface area contributed by atoms with E-state index in [4.69, 9.17) is 16.3 Å². The Bertz CT molecular complexity index is 812. The number of hydrogen-bond acceptors (Lipinski definition) is 4. The third-order valence-electron chi connectivity index (χ3n) is 4.96. The lowest BCUT2D eigenvalue weighted by Gasteiger charge is -2.35. The fourth-order valence-electron chi connectivity index (χ4n) is 3.42. The van der Waals surface area contributed by atoms with Crippen LogP contribution in [0.3, 0.4) is 0 Å². The van der Waals surface area contributed by atoms with E-state index in [1.807, 2.05) is 66.4 Å². The van der Waals surface area contributed by atoms with Gasteiger partial charge in [0.2, 0.25) is 5.91 Å². The number of carbonyl (C=O) groups excluding carboxylic acids is 2. The van der Waals surface area contributed by atoms with Gasteiger partial charge in [-0.25, -0.2) is 0 Å². The van der Waals surface area contributed by atoms with Gasteiger partial charge < -0.3 is 10.1 Å². The van der Waals surface area contributed by atoms with Crippen LogP contribution in [0.5, 0.6) is 0 Å². The molecule has 6 heteroatoms. The lowest BCUT2D eigenvalue weighted by atomic mass is 10.0. The number of amides is 1. The standard InChI is InChI=1S/C22H25ClN2O3/c1-16(19-9-5-6-10-20(19)23)24-22(27)14-25-11-12-28-15-18(25)13-21(26)17-7-3-2-4-8-17/h2-10,16,18H,11-15H2,1H3,(H,24,27)/t16-,18+/m0/s1. The molecule has 2 aromatic rings. The first-order valence-corrected chi connectivity index (χ1v) is 9.86. The van der Waals surface area contributed by atoms with Crippen LogP contribution in [-0.4, -0.2) is 48.9 Å². The number of Topliss-reactive ketones (excluding diaryl/α,β-unsaturated/α-hetero) is 1. The predicted molar refractivity (Wildman–Crippen MR) is 110 cm³/mol. The van der Waals surface area contributed by atoms with Crippen molar-refractivity contribution in [2.24, 2.45) is 0 Å². The molecule has 1 saturated heterocycles. The van der Waals surface area contributed by atoms with Crippen molar-refractivity contribution < 1.29 is 14.3 Å². The zero-order valence-corrected chi connectivity index (χ0v) is 16.7. The molecule has 1 amide bonds. The summed E-state index contributed by atoms with van der Waals surface area (Å²) in [5.41, 5.74) is 1.57. The van der Waals surface area contributed by atoms with Crippen molar-refractivity contribution in [2.75, 3.05) is 26.3 Å². The summed E-state index contributed by atoms with van der Waals surface area (Å²) >= 11 is 6.22. The third-order valence-corrected chi connectivity index (χ3v) is 5.31. The summed E-state index contributed by atoms with van der Waals surface area (Å²) in [6.07, 6.45) is 0.331. The quantitative estimate of drug-likeness (QED) is 0.723. The maximum atomic E-state index is 12.6. The zero-order valence-electron chi connectivity index (χ0n) is 15.9. The van der Waals surface area contributed by atoms with Gasteiger partial charge in [0.05, 0.1) is 25.8 Å². The number of nitrogens with one attached hydrogen (secondary N) is 1. The van der Waals surface area contributed by atoms with Gasteiger partial charge in [0.15, 0.2) is 5.78 Å². The summed E-state index contributed by atoms with van der Waals surface area (Å²) in [6, 6.07) is 16.4. The Hall–Kier alpha value is -2.21. The monoisotopic (exact) mass is 400 g/mol. The van der Waals surface area contributed by atoms with E-state index in [2.05, 4.69) is 5.32 Å². The van der Waals surface area contributed by atoms with Crippen molar-refractivity contribution in [2.45, 2.75) is 25.4 Å². The molecule has 0 aliphatic carbocycles. The minimum Gasteiger partial charge on any atom is -0.378 e. The molecule has 1 N–H and O–H groups in total. The normalized spacial score (nSPS) is 18.4. The summed E-state index contributed by atoms with van der Waals surface area (Å²) in [5.74, 6) is -0.0302. The van der Waals surface area contributed by atoms with Crippen LogP contribution in [-0.2, 0) is 9.53 Å². The van der Waals surface area contributed by atoms with Crippen molar-refractivity contribution in [3.63, 3.8) is 0 Å². The second-order valence-electron chi connectivity index (χ2n) is 7.00. The van der Waals surface area contributed by atoms with E-state index < -0.39 is 0 Å². The Morgan fingerprint density at radius 3 is 2.64 bits per heavy atom. The Balaban J connectivity index is 1.58. The molecule has 2 atom stereocenters. The molecule has 0 radical (unpaired) electrons. The Morgan fingerprint density at radius 2 is 1.89 bits per heavy atom. The molecule has 28 heavy (non-hydrogen) atoms. The van der Waals surface area contributed by atoms with Crippen LogP contribution in [0, 0.1) is 0 Å². The predicted octanol–water partition coefficient (Wildman–Crippen LogP) is 3.49. The van der Waals surface area contributed by atoms with Gasteiger partial charge in [-0.1, -0.05) is 60.1 Å². The molecule has 3 rings (SSSR count). The molecule has 5 nitrogen and oxygen atoms in total. The number of ketones is 1. The minimum atomic E-state index is -0.188. The lowest BCUT2D eigenvalue weighted by molar-refractivity contribution is -0.125. The maximum Gasteiger partial charge on any atom is 0.234 e. The molecule has 148 valence electrons. The number of carbonyl (C=O) groups is 2. The maximum absolute atomic E-state index is 12.6. The smallest absolute Gasteiger partial charge is 0.234 e. The molecule has 0 saturated carbocycles. The Labute approximate surface area is 170 Å². The largest absolute Gasteiger partial charge is 0.378 e. The molecule has 1 aliphatic heterocycles. The van der Waals surface area contributed by atoms with Crippen molar-refractivity contribution in [1.82, 2.24) is 10.2 Å². The van der Waals surface area contributed by atoms with E-state index in [9.17, 15) is 9.59 Å². The van der Waals surface area contributed by atoms with Crippen molar-refractivity contribution in [1.29, 1.82) is 0 Å². The SMILES string of the molecule is C[C@H](NC(=O)CN1CCOC[C@H]1CC(=O)c1ccccc1)c1ccccc1Cl. The molecule has 2 aromatic carbocycles. The fraction of sp³-hybridized carbons (Fsp3) is 0.364. The molecule has 1 aliphatic rings. The number of ether oxygens (including phenoxy) is 1. The van der Waals surface area contributed by atoms with Gasteiger partial charge >= 0.3 is 0 Å². The van der Waals surface area contributed by atoms with Crippen molar-refractivity contribution in [3.05, 3.63) is 70.7 Å². The first kappa shape index (κ1) is 20.5. The Kier molecular flexibility index (Phi) is 7.20. The first-order valence-electron chi connectivity index (χ1n) is 9.48. The second-order valence-corrected chi connectivity index (χ2v) is 7.41. The lowest BCUT2D eigenvalue weighted by Crippen LogP contribution is -2.50. The summed E-state index contributed by atoms with van der Waals surface area (Å²) in [6.45, 7) is 3.77. The van der Waals surface area contributed by atoms with Gasteiger partial charge in [0, 0.05) is 29.6 Å². The number of halogens is 1. The van der Waals surface area contributed by atoms with Gasteiger partial charge in [-0.2, -0.15) is 0 Å². The molecular formula is C22H25ClN2O3. The van der Waals surface area contributed by atoms with Crippen LogP contribution in [0.4, 0.5) is 0 Å². The van der Waals surface area contributed by atoms with Crippen LogP contribution in [0.15, 0.2) is 54.6 Å². The van der Waals surface area contributed by atoms with Crippen LogP contribution in [0.25, 0.3) is 0 Å². The molecule has 1 heterocycles. The second kappa shape index (κ2) is 9.82. The minimum absolute atomic E-state index is 0.0611. The van der Waals surface area contributed by atoms with E-state index in [0.717, 1.165) is 5.56 Å². The Morgan fingerprint density at radius 1 is 1.18 bits per heavy atom.